The number of esters is 1. The second-order valence-electron chi connectivity index (χ2n) is 7.34. The molecular weight excluding hydrogens is 372 g/mol. The number of carbonyl (C=O) groups excluding carboxylic acids is 2. The summed E-state index contributed by atoms with van der Waals surface area (Å²) >= 11 is 3.62. The van der Waals surface area contributed by atoms with E-state index in [9.17, 15) is 9.59 Å². The standard InChI is InChI=1S/C19H23BrO4/c1-18-8-5-9-19(2,17(22)24-4)16(18)14(20)15(21)12-7-6-11(23-3)10-13(12)18/h6-7,10,14,16H,5,8-9H2,1-4H3/t14-,16-,18+,19-/m1/s1. The minimum atomic E-state index is -0.688. The number of ketones is 1. The molecule has 2 aliphatic carbocycles. The third-order valence-corrected chi connectivity index (χ3v) is 7.01. The van der Waals surface area contributed by atoms with E-state index in [1.165, 1.54) is 7.11 Å². The Labute approximate surface area is 151 Å². The molecule has 0 N–H and O–H groups in total. The van der Waals surface area contributed by atoms with Crippen molar-refractivity contribution in [2.45, 2.75) is 43.4 Å². The molecule has 24 heavy (non-hydrogen) atoms. The zero-order valence-electron chi connectivity index (χ0n) is 14.5. The molecule has 0 amide bonds. The van der Waals surface area contributed by atoms with Crippen molar-refractivity contribution in [3.8, 4) is 5.75 Å². The van der Waals surface area contributed by atoms with Gasteiger partial charge in [0.05, 0.1) is 24.5 Å². The van der Waals surface area contributed by atoms with E-state index in [4.69, 9.17) is 9.47 Å². The first-order valence-electron chi connectivity index (χ1n) is 8.25. The first-order valence-corrected chi connectivity index (χ1v) is 9.16. The fourth-order valence-electron chi connectivity index (χ4n) is 4.88. The summed E-state index contributed by atoms with van der Waals surface area (Å²) in [5.41, 5.74) is 0.743. The molecule has 5 heteroatoms. The Morgan fingerprint density at radius 2 is 1.96 bits per heavy atom. The Morgan fingerprint density at radius 3 is 2.58 bits per heavy atom. The number of carbonyl (C=O) groups is 2. The number of fused-ring (bicyclic) bond motifs is 3. The molecule has 0 aliphatic heterocycles. The second kappa shape index (κ2) is 5.87. The van der Waals surface area contributed by atoms with Gasteiger partial charge in [0.2, 0.25) is 0 Å². The van der Waals surface area contributed by atoms with Crippen molar-refractivity contribution >= 4 is 27.7 Å². The summed E-state index contributed by atoms with van der Waals surface area (Å²) in [7, 11) is 3.04. The number of rotatable bonds is 2. The summed E-state index contributed by atoms with van der Waals surface area (Å²) in [6.45, 7) is 4.10. The molecule has 0 aromatic heterocycles. The Kier molecular flexibility index (Phi) is 4.27. The molecule has 0 unspecified atom stereocenters. The smallest absolute Gasteiger partial charge is 0.311 e. The van der Waals surface area contributed by atoms with Crippen LogP contribution in [0.1, 0.15) is 49.0 Å². The molecule has 0 heterocycles. The Morgan fingerprint density at radius 1 is 1.25 bits per heavy atom. The molecule has 1 aromatic carbocycles. The van der Waals surface area contributed by atoms with Crippen LogP contribution in [0.3, 0.4) is 0 Å². The topological polar surface area (TPSA) is 52.6 Å². The molecule has 0 saturated heterocycles. The molecule has 1 saturated carbocycles. The number of halogens is 1. The number of benzene rings is 1. The number of Topliss-reactive ketones (excluding diaryl/α,β-unsaturated/α-hetero) is 1. The Hall–Kier alpha value is -1.36. The first-order chi connectivity index (χ1) is 11.3. The monoisotopic (exact) mass is 394 g/mol. The highest BCUT2D eigenvalue weighted by atomic mass is 79.9. The third kappa shape index (κ3) is 2.24. The van der Waals surface area contributed by atoms with Gasteiger partial charge < -0.3 is 9.47 Å². The largest absolute Gasteiger partial charge is 0.497 e. The van der Waals surface area contributed by atoms with E-state index in [1.54, 1.807) is 7.11 Å². The van der Waals surface area contributed by atoms with Crippen LogP contribution in [0.15, 0.2) is 18.2 Å². The maximum atomic E-state index is 13.0. The van der Waals surface area contributed by atoms with Crippen molar-refractivity contribution in [1.82, 2.24) is 0 Å². The fourth-order valence-corrected chi connectivity index (χ4v) is 6.30. The van der Waals surface area contributed by atoms with Gasteiger partial charge in [0.15, 0.2) is 5.78 Å². The van der Waals surface area contributed by atoms with Gasteiger partial charge in [-0.05, 0) is 48.9 Å². The van der Waals surface area contributed by atoms with Gasteiger partial charge >= 0.3 is 5.97 Å². The zero-order valence-corrected chi connectivity index (χ0v) is 16.1. The molecular formula is C19H23BrO4. The number of methoxy groups -OCH3 is 2. The van der Waals surface area contributed by atoms with Crippen molar-refractivity contribution in [2.75, 3.05) is 14.2 Å². The fraction of sp³-hybridized carbons (Fsp3) is 0.579. The molecule has 0 bridgehead atoms. The van der Waals surface area contributed by atoms with Crippen molar-refractivity contribution in [3.63, 3.8) is 0 Å². The number of ether oxygens (including phenoxy) is 2. The molecule has 2 aliphatic rings. The van der Waals surface area contributed by atoms with Crippen molar-refractivity contribution in [3.05, 3.63) is 29.3 Å². The summed E-state index contributed by atoms with van der Waals surface area (Å²) in [5, 5.41) is 0. The van der Waals surface area contributed by atoms with E-state index in [0.29, 0.717) is 0 Å². The molecule has 130 valence electrons. The predicted molar refractivity (Wildman–Crippen MR) is 94.9 cm³/mol. The van der Waals surface area contributed by atoms with E-state index in [0.717, 1.165) is 36.1 Å². The van der Waals surface area contributed by atoms with E-state index in [-0.39, 0.29) is 23.1 Å². The quantitative estimate of drug-likeness (QED) is 0.563. The summed E-state index contributed by atoms with van der Waals surface area (Å²) in [6.07, 6.45) is 2.58. The molecule has 0 spiro atoms. The van der Waals surface area contributed by atoms with Crippen molar-refractivity contribution < 1.29 is 19.1 Å². The SMILES string of the molecule is COC(=O)[C@]1(C)CCC[C@@]2(C)c3cc(OC)ccc3C(=O)[C@@H](Br)[C@@H]12. The molecule has 1 aromatic rings. The summed E-state index contributed by atoms with van der Waals surface area (Å²) < 4.78 is 10.5. The van der Waals surface area contributed by atoms with Gasteiger partial charge in [0, 0.05) is 11.5 Å². The molecule has 4 atom stereocenters. The third-order valence-electron chi connectivity index (χ3n) is 6.07. The lowest BCUT2D eigenvalue weighted by Gasteiger charge is -2.55. The minimum Gasteiger partial charge on any atom is -0.497 e. The van der Waals surface area contributed by atoms with Gasteiger partial charge in [-0.15, -0.1) is 0 Å². The van der Waals surface area contributed by atoms with Gasteiger partial charge in [0.25, 0.3) is 0 Å². The van der Waals surface area contributed by atoms with Gasteiger partial charge in [0.1, 0.15) is 5.75 Å². The van der Waals surface area contributed by atoms with Crippen LogP contribution in [0, 0.1) is 11.3 Å². The van der Waals surface area contributed by atoms with Crippen LogP contribution >= 0.6 is 15.9 Å². The molecule has 0 radical (unpaired) electrons. The van der Waals surface area contributed by atoms with Crippen LogP contribution in [-0.4, -0.2) is 30.8 Å². The number of hydrogen-bond acceptors (Lipinski definition) is 4. The first kappa shape index (κ1) is 17.5. The lowest BCUT2D eigenvalue weighted by Crippen LogP contribution is -2.58. The van der Waals surface area contributed by atoms with Gasteiger partial charge in [-0.25, -0.2) is 0 Å². The van der Waals surface area contributed by atoms with Crippen LogP contribution in [0.5, 0.6) is 5.75 Å². The van der Waals surface area contributed by atoms with E-state index in [1.807, 2.05) is 25.1 Å². The molecule has 4 nitrogen and oxygen atoms in total. The van der Waals surface area contributed by atoms with Crippen LogP contribution in [-0.2, 0) is 14.9 Å². The van der Waals surface area contributed by atoms with Crippen molar-refractivity contribution in [1.29, 1.82) is 0 Å². The van der Waals surface area contributed by atoms with Crippen molar-refractivity contribution in [2.24, 2.45) is 11.3 Å². The lowest BCUT2D eigenvalue weighted by atomic mass is 9.49. The van der Waals surface area contributed by atoms with E-state index in [2.05, 4.69) is 22.9 Å². The van der Waals surface area contributed by atoms with Crippen LogP contribution in [0.4, 0.5) is 0 Å². The number of alkyl halides is 1. The Bertz CT molecular complexity index is 701. The van der Waals surface area contributed by atoms with E-state index >= 15 is 0 Å². The summed E-state index contributed by atoms with van der Waals surface area (Å²) in [6, 6.07) is 5.63. The van der Waals surface area contributed by atoms with Gasteiger partial charge in [-0.3, -0.25) is 9.59 Å². The van der Waals surface area contributed by atoms with E-state index < -0.39 is 10.2 Å². The average molecular weight is 395 g/mol. The predicted octanol–water partition coefficient (Wildman–Crippen LogP) is 3.89. The zero-order chi connectivity index (χ0) is 17.7. The molecule has 3 rings (SSSR count). The van der Waals surface area contributed by atoms with Gasteiger partial charge in [-0.2, -0.15) is 0 Å². The highest BCUT2D eigenvalue weighted by Crippen LogP contribution is 2.59. The summed E-state index contributed by atoms with van der Waals surface area (Å²) in [5.74, 6) is 0.382. The maximum Gasteiger partial charge on any atom is 0.311 e. The normalized spacial score (nSPS) is 35.0. The van der Waals surface area contributed by atoms with Crippen LogP contribution in [0.25, 0.3) is 0 Å². The highest BCUT2D eigenvalue weighted by molar-refractivity contribution is 9.10. The van der Waals surface area contributed by atoms with Crippen LogP contribution in [0.2, 0.25) is 0 Å². The van der Waals surface area contributed by atoms with Crippen LogP contribution < -0.4 is 4.74 Å². The highest BCUT2D eigenvalue weighted by Gasteiger charge is 2.60. The lowest BCUT2D eigenvalue weighted by molar-refractivity contribution is -0.160. The summed E-state index contributed by atoms with van der Waals surface area (Å²) in [4.78, 5) is 25.2. The average Bonchev–Trinajstić information content (AvgIpc) is 2.58. The maximum absolute atomic E-state index is 13.0. The number of hydrogen-bond donors (Lipinski definition) is 0. The van der Waals surface area contributed by atoms with Gasteiger partial charge in [-0.1, -0.05) is 29.3 Å². The second-order valence-corrected chi connectivity index (χ2v) is 8.32. The molecule has 1 fully saturated rings. The Balaban J connectivity index is 2.23. The minimum absolute atomic E-state index is 0.0344.